The summed E-state index contributed by atoms with van der Waals surface area (Å²) in [6, 6.07) is 18.1. The number of nitrogens with zero attached hydrogens (tertiary/aromatic N) is 4. The Morgan fingerprint density at radius 2 is 1.88 bits per heavy atom. The quantitative estimate of drug-likeness (QED) is 0.624. The maximum atomic E-state index is 4.68. The van der Waals surface area contributed by atoms with Gasteiger partial charge < -0.3 is 5.32 Å². The fourth-order valence-electron chi connectivity index (χ4n) is 2.67. The van der Waals surface area contributed by atoms with Gasteiger partial charge in [-0.1, -0.05) is 36.4 Å². The van der Waals surface area contributed by atoms with Gasteiger partial charge in [-0.2, -0.15) is 9.61 Å². The van der Waals surface area contributed by atoms with Crippen molar-refractivity contribution in [3.8, 4) is 11.3 Å². The van der Waals surface area contributed by atoms with E-state index >= 15 is 0 Å². The zero-order valence-electron chi connectivity index (χ0n) is 13.3. The van der Waals surface area contributed by atoms with E-state index in [1.54, 1.807) is 6.20 Å². The van der Waals surface area contributed by atoms with Gasteiger partial charge in [-0.25, -0.2) is 4.98 Å². The van der Waals surface area contributed by atoms with Gasteiger partial charge in [0.05, 0.1) is 24.1 Å². The van der Waals surface area contributed by atoms with Crippen LogP contribution in [0.5, 0.6) is 0 Å². The minimum Gasteiger partial charge on any atom is -0.364 e. The normalized spacial score (nSPS) is 10.9. The Morgan fingerprint density at radius 1 is 1.00 bits per heavy atom. The summed E-state index contributed by atoms with van der Waals surface area (Å²) >= 11 is 0. The first kappa shape index (κ1) is 14.4. The molecule has 3 aromatic heterocycles. The van der Waals surface area contributed by atoms with Crippen molar-refractivity contribution in [2.75, 3.05) is 5.32 Å². The van der Waals surface area contributed by atoms with Crippen LogP contribution in [0.3, 0.4) is 0 Å². The molecular formula is C19H17N5. The lowest BCUT2D eigenvalue weighted by Crippen LogP contribution is -2.08. The number of anilines is 1. The molecule has 0 aliphatic rings. The highest BCUT2D eigenvalue weighted by molar-refractivity contribution is 5.66. The number of nitrogens with one attached hydrogen (secondary N) is 1. The van der Waals surface area contributed by atoms with E-state index in [2.05, 4.69) is 45.5 Å². The average molecular weight is 315 g/mol. The molecule has 4 aromatic rings. The highest BCUT2D eigenvalue weighted by Gasteiger charge is 2.08. The third-order valence-electron chi connectivity index (χ3n) is 3.98. The molecule has 0 aliphatic heterocycles. The summed E-state index contributed by atoms with van der Waals surface area (Å²) in [5.41, 5.74) is 5.01. The third-order valence-corrected chi connectivity index (χ3v) is 3.98. The van der Waals surface area contributed by atoms with Crippen LogP contribution < -0.4 is 5.32 Å². The van der Waals surface area contributed by atoms with E-state index in [1.807, 2.05) is 47.1 Å². The van der Waals surface area contributed by atoms with E-state index in [-0.39, 0.29) is 0 Å². The number of hydrogen-bond acceptors (Lipinski definition) is 4. The third kappa shape index (κ3) is 2.72. The molecule has 0 radical (unpaired) electrons. The lowest BCUT2D eigenvalue weighted by Gasteiger charge is -2.11. The van der Waals surface area contributed by atoms with Gasteiger partial charge in [-0.15, -0.1) is 0 Å². The summed E-state index contributed by atoms with van der Waals surface area (Å²) in [6.07, 6.45) is 3.57. The Hall–Kier alpha value is -3.21. The molecule has 1 aromatic carbocycles. The smallest absolute Gasteiger partial charge is 0.157 e. The van der Waals surface area contributed by atoms with Crippen LogP contribution in [0.2, 0.25) is 0 Å². The Balaban J connectivity index is 1.71. The fourth-order valence-corrected chi connectivity index (χ4v) is 2.67. The number of fused-ring (bicyclic) bond motifs is 1. The molecule has 0 saturated heterocycles. The van der Waals surface area contributed by atoms with Gasteiger partial charge in [0.15, 0.2) is 5.65 Å². The van der Waals surface area contributed by atoms with Gasteiger partial charge >= 0.3 is 0 Å². The van der Waals surface area contributed by atoms with Crippen LogP contribution in [0.15, 0.2) is 67.0 Å². The van der Waals surface area contributed by atoms with Crippen molar-refractivity contribution in [1.29, 1.82) is 0 Å². The first-order chi connectivity index (χ1) is 11.8. The highest BCUT2D eigenvalue weighted by Crippen LogP contribution is 2.22. The molecule has 5 heteroatoms. The fraction of sp³-hybridized carbons (Fsp3) is 0.105. The number of benzene rings is 1. The van der Waals surface area contributed by atoms with Crippen LogP contribution in [0.4, 0.5) is 5.82 Å². The summed E-state index contributed by atoms with van der Waals surface area (Å²) in [6.45, 7) is 2.70. The lowest BCUT2D eigenvalue weighted by atomic mass is 10.1. The molecule has 1 N–H and O–H groups in total. The lowest BCUT2D eigenvalue weighted by molar-refractivity contribution is 0.914. The number of aromatic nitrogens is 4. The highest BCUT2D eigenvalue weighted by atomic mass is 15.3. The summed E-state index contributed by atoms with van der Waals surface area (Å²) in [5, 5.41) is 7.80. The summed E-state index contributed by atoms with van der Waals surface area (Å²) in [7, 11) is 0. The van der Waals surface area contributed by atoms with Gasteiger partial charge in [0, 0.05) is 23.9 Å². The van der Waals surface area contributed by atoms with E-state index in [1.165, 1.54) is 5.56 Å². The number of aryl methyl sites for hydroxylation is 1. The number of rotatable bonds is 4. The summed E-state index contributed by atoms with van der Waals surface area (Å²) in [5.74, 6) is 0.897. The zero-order chi connectivity index (χ0) is 16.4. The molecule has 0 unspecified atom stereocenters. The standard InChI is InChI=1S/C19H17N5/c1-14-6-5-10-20-17(14)13-21-19-12-16(15-7-3-2-4-8-15)23-18-9-11-22-24(18)19/h2-12,21H,13H2,1H3. The molecular weight excluding hydrogens is 298 g/mol. The average Bonchev–Trinajstić information content (AvgIpc) is 3.10. The molecule has 0 saturated carbocycles. The van der Waals surface area contributed by atoms with Crippen LogP contribution in [-0.4, -0.2) is 19.6 Å². The Kier molecular flexibility index (Phi) is 3.67. The van der Waals surface area contributed by atoms with E-state index in [0.29, 0.717) is 6.54 Å². The van der Waals surface area contributed by atoms with Crippen molar-refractivity contribution in [3.05, 3.63) is 78.2 Å². The number of hydrogen-bond donors (Lipinski definition) is 1. The van der Waals surface area contributed by atoms with E-state index in [4.69, 9.17) is 0 Å². The van der Waals surface area contributed by atoms with Gasteiger partial charge in [0.25, 0.3) is 0 Å². The Bertz CT molecular complexity index is 975. The largest absolute Gasteiger partial charge is 0.364 e. The van der Waals surface area contributed by atoms with E-state index in [0.717, 1.165) is 28.4 Å². The van der Waals surface area contributed by atoms with E-state index in [9.17, 15) is 0 Å². The van der Waals surface area contributed by atoms with Crippen molar-refractivity contribution in [2.45, 2.75) is 13.5 Å². The maximum Gasteiger partial charge on any atom is 0.157 e. The topological polar surface area (TPSA) is 55.1 Å². The predicted octanol–water partition coefficient (Wildman–Crippen LogP) is 3.71. The SMILES string of the molecule is Cc1cccnc1CNc1cc(-c2ccccc2)nc2ccnn12. The van der Waals surface area contributed by atoms with Crippen molar-refractivity contribution in [2.24, 2.45) is 0 Å². The van der Waals surface area contributed by atoms with Crippen LogP contribution in [-0.2, 0) is 6.54 Å². The van der Waals surface area contributed by atoms with Crippen molar-refractivity contribution in [3.63, 3.8) is 0 Å². The minimum atomic E-state index is 0.639. The second kappa shape index (κ2) is 6.12. The monoisotopic (exact) mass is 315 g/mol. The van der Waals surface area contributed by atoms with Crippen LogP contribution >= 0.6 is 0 Å². The van der Waals surface area contributed by atoms with Crippen molar-refractivity contribution >= 4 is 11.5 Å². The van der Waals surface area contributed by atoms with Gasteiger partial charge in [0.2, 0.25) is 0 Å². The van der Waals surface area contributed by atoms with Crippen molar-refractivity contribution in [1.82, 2.24) is 19.6 Å². The van der Waals surface area contributed by atoms with Gasteiger partial charge in [0.1, 0.15) is 5.82 Å². The molecule has 0 amide bonds. The predicted molar refractivity (Wildman–Crippen MR) is 94.7 cm³/mol. The minimum absolute atomic E-state index is 0.639. The molecule has 0 fully saturated rings. The molecule has 0 bridgehead atoms. The summed E-state index contributed by atoms with van der Waals surface area (Å²) in [4.78, 5) is 9.12. The first-order valence-electron chi connectivity index (χ1n) is 7.86. The van der Waals surface area contributed by atoms with Crippen LogP contribution in [0, 0.1) is 6.92 Å². The van der Waals surface area contributed by atoms with E-state index < -0.39 is 0 Å². The number of pyridine rings is 1. The molecule has 0 atom stereocenters. The second-order valence-corrected chi connectivity index (χ2v) is 5.61. The molecule has 0 aliphatic carbocycles. The molecule has 24 heavy (non-hydrogen) atoms. The van der Waals surface area contributed by atoms with Crippen molar-refractivity contribution < 1.29 is 0 Å². The van der Waals surface area contributed by atoms with Crippen LogP contribution in [0.25, 0.3) is 16.9 Å². The Morgan fingerprint density at radius 3 is 2.71 bits per heavy atom. The molecule has 0 spiro atoms. The molecule has 3 heterocycles. The van der Waals surface area contributed by atoms with Gasteiger partial charge in [-0.05, 0) is 18.6 Å². The molecule has 5 nitrogen and oxygen atoms in total. The first-order valence-corrected chi connectivity index (χ1v) is 7.86. The summed E-state index contributed by atoms with van der Waals surface area (Å²) < 4.78 is 1.81. The Labute approximate surface area is 140 Å². The molecule has 118 valence electrons. The second-order valence-electron chi connectivity index (χ2n) is 5.61. The maximum absolute atomic E-state index is 4.68. The van der Waals surface area contributed by atoms with Gasteiger partial charge in [-0.3, -0.25) is 4.98 Å². The molecule has 4 rings (SSSR count). The van der Waals surface area contributed by atoms with Crippen LogP contribution in [0.1, 0.15) is 11.3 Å². The zero-order valence-corrected chi connectivity index (χ0v) is 13.3.